The summed E-state index contributed by atoms with van der Waals surface area (Å²) in [4.78, 5) is 3.76. The first kappa shape index (κ1) is 13.6. The van der Waals surface area contributed by atoms with Gasteiger partial charge < -0.3 is 4.90 Å². The standard InChI is InChI=1S/C13H18BrN3S/c1-4-17(9-11-6-5-7-18-11)13-12(8-14)10(2)15-16(13)3/h5-7H,4,8-9H2,1-3H3. The van der Waals surface area contributed by atoms with Gasteiger partial charge in [0.2, 0.25) is 0 Å². The molecule has 18 heavy (non-hydrogen) atoms. The van der Waals surface area contributed by atoms with E-state index in [1.54, 1.807) is 11.3 Å². The largest absolute Gasteiger partial charge is 0.352 e. The van der Waals surface area contributed by atoms with Gasteiger partial charge >= 0.3 is 0 Å². The van der Waals surface area contributed by atoms with Crippen molar-refractivity contribution in [1.29, 1.82) is 0 Å². The zero-order chi connectivity index (χ0) is 13.1. The number of aromatic nitrogens is 2. The topological polar surface area (TPSA) is 21.1 Å². The van der Waals surface area contributed by atoms with Gasteiger partial charge in [-0.05, 0) is 25.3 Å². The van der Waals surface area contributed by atoms with Crippen LogP contribution < -0.4 is 4.90 Å². The highest BCUT2D eigenvalue weighted by Crippen LogP contribution is 2.27. The minimum atomic E-state index is 0.850. The smallest absolute Gasteiger partial charge is 0.131 e. The molecule has 0 aliphatic carbocycles. The fourth-order valence-electron chi connectivity index (χ4n) is 2.17. The predicted octanol–water partition coefficient (Wildman–Crippen LogP) is 3.71. The summed E-state index contributed by atoms with van der Waals surface area (Å²) in [6.45, 7) is 6.19. The Balaban J connectivity index is 2.32. The third-order valence-corrected chi connectivity index (χ3v) is 4.48. The highest BCUT2D eigenvalue weighted by molar-refractivity contribution is 9.08. The van der Waals surface area contributed by atoms with Crippen LogP contribution in [0, 0.1) is 6.92 Å². The van der Waals surface area contributed by atoms with Gasteiger partial charge in [-0.1, -0.05) is 22.0 Å². The number of anilines is 1. The predicted molar refractivity (Wildman–Crippen MR) is 81.6 cm³/mol. The van der Waals surface area contributed by atoms with Crippen molar-refractivity contribution in [3.05, 3.63) is 33.6 Å². The Morgan fingerprint density at radius 3 is 2.83 bits per heavy atom. The minimum absolute atomic E-state index is 0.850. The van der Waals surface area contributed by atoms with E-state index in [9.17, 15) is 0 Å². The van der Waals surface area contributed by atoms with Crippen LogP contribution in [-0.4, -0.2) is 16.3 Å². The Kier molecular flexibility index (Phi) is 4.45. The van der Waals surface area contributed by atoms with Crippen LogP contribution in [0.3, 0.4) is 0 Å². The number of hydrogen-bond acceptors (Lipinski definition) is 3. The summed E-state index contributed by atoms with van der Waals surface area (Å²) in [5.41, 5.74) is 2.39. The Morgan fingerprint density at radius 2 is 2.28 bits per heavy atom. The number of hydrogen-bond donors (Lipinski definition) is 0. The normalized spacial score (nSPS) is 10.9. The lowest BCUT2D eigenvalue weighted by Crippen LogP contribution is -2.24. The molecule has 5 heteroatoms. The number of rotatable bonds is 5. The Hall–Kier alpha value is -0.810. The molecule has 3 nitrogen and oxygen atoms in total. The van der Waals surface area contributed by atoms with Crippen molar-refractivity contribution in [3.63, 3.8) is 0 Å². The summed E-state index contributed by atoms with van der Waals surface area (Å²) in [5, 5.41) is 7.51. The average molecular weight is 328 g/mol. The second-order valence-corrected chi connectivity index (χ2v) is 5.83. The van der Waals surface area contributed by atoms with Crippen LogP contribution in [0.15, 0.2) is 17.5 Å². The monoisotopic (exact) mass is 327 g/mol. The first-order chi connectivity index (χ1) is 8.67. The van der Waals surface area contributed by atoms with E-state index in [4.69, 9.17) is 0 Å². The summed E-state index contributed by atoms with van der Waals surface area (Å²) in [5.74, 6) is 1.22. The van der Waals surface area contributed by atoms with Gasteiger partial charge in [-0.25, -0.2) is 0 Å². The fourth-order valence-corrected chi connectivity index (χ4v) is 3.54. The van der Waals surface area contributed by atoms with Gasteiger partial charge in [-0.2, -0.15) is 5.10 Å². The molecule has 0 atom stereocenters. The summed E-state index contributed by atoms with van der Waals surface area (Å²) < 4.78 is 1.99. The van der Waals surface area contributed by atoms with Crippen molar-refractivity contribution in [2.75, 3.05) is 11.4 Å². The van der Waals surface area contributed by atoms with Crippen molar-refractivity contribution in [1.82, 2.24) is 9.78 Å². The van der Waals surface area contributed by atoms with Crippen LogP contribution in [0.1, 0.15) is 23.1 Å². The molecule has 0 aliphatic rings. The lowest BCUT2D eigenvalue weighted by atomic mass is 10.2. The molecule has 0 aliphatic heterocycles. The van der Waals surface area contributed by atoms with E-state index >= 15 is 0 Å². The van der Waals surface area contributed by atoms with Gasteiger partial charge in [-0.15, -0.1) is 11.3 Å². The van der Waals surface area contributed by atoms with Crippen LogP contribution in [0.2, 0.25) is 0 Å². The molecule has 0 bridgehead atoms. The maximum atomic E-state index is 4.53. The minimum Gasteiger partial charge on any atom is -0.352 e. The second-order valence-electron chi connectivity index (χ2n) is 4.24. The molecule has 0 radical (unpaired) electrons. The molecular formula is C13H18BrN3S. The molecule has 2 aromatic heterocycles. The van der Waals surface area contributed by atoms with E-state index < -0.39 is 0 Å². The number of nitrogens with zero attached hydrogens (tertiary/aromatic N) is 3. The van der Waals surface area contributed by atoms with Gasteiger partial charge in [0, 0.05) is 29.4 Å². The van der Waals surface area contributed by atoms with Crippen molar-refractivity contribution in [2.24, 2.45) is 7.05 Å². The molecule has 0 aromatic carbocycles. The SMILES string of the molecule is CCN(Cc1cccs1)c1c(CBr)c(C)nn1C. The molecule has 0 fully saturated rings. The first-order valence-corrected chi connectivity index (χ1v) is 8.03. The van der Waals surface area contributed by atoms with Gasteiger partial charge in [0.25, 0.3) is 0 Å². The van der Waals surface area contributed by atoms with E-state index in [-0.39, 0.29) is 0 Å². The van der Waals surface area contributed by atoms with Gasteiger partial charge in [-0.3, -0.25) is 4.68 Å². The summed E-state index contributed by atoms with van der Waals surface area (Å²) in [6.07, 6.45) is 0. The highest BCUT2D eigenvalue weighted by atomic mass is 79.9. The third kappa shape index (κ3) is 2.62. The molecule has 2 rings (SSSR count). The molecule has 0 saturated carbocycles. The summed E-state index contributed by atoms with van der Waals surface area (Å²) >= 11 is 5.37. The second kappa shape index (κ2) is 5.89. The van der Waals surface area contributed by atoms with E-state index in [2.05, 4.69) is 57.3 Å². The summed E-state index contributed by atoms with van der Waals surface area (Å²) in [7, 11) is 2.02. The maximum absolute atomic E-state index is 4.53. The van der Waals surface area contributed by atoms with E-state index in [0.29, 0.717) is 0 Å². The van der Waals surface area contributed by atoms with Crippen molar-refractivity contribution >= 4 is 33.1 Å². The lowest BCUT2D eigenvalue weighted by Gasteiger charge is -2.23. The van der Waals surface area contributed by atoms with E-state index in [1.807, 2.05) is 11.7 Å². The van der Waals surface area contributed by atoms with Crippen molar-refractivity contribution in [3.8, 4) is 0 Å². The maximum Gasteiger partial charge on any atom is 0.131 e. The van der Waals surface area contributed by atoms with E-state index in [0.717, 1.165) is 24.1 Å². The molecule has 0 saturated heterocycles. The lowest BCUT2D eigenvalue weighted by molar-refractivity contribution is 0.707. The average Bonchev–Trinajstić information content (AvgIpc) is 2.94. The quantitative estimate of drug-likeness (QED) is 0.780. The van der Waals surface area contributed by atoms with Crippen LogP contribution in [0.5, 0.6) is 0 Å². The van der Waals surface area contributed by atoms with Crippen LogP contribution in [0.4, 0.5) is 5.82 Å². The first-order valence-electron chi connectivity index (χ1n) is 6.03. The Bertz CT molecular complexity index is 505. The number of thiophene rings is 1. The van der Waals surface area contributed by atoms with Crippen molar-refractivity contribution < 1.29 is 0 Å². The number of halogens is 1. The molecule has 98 valence electrons. The highest BCUT2D eigenvalue weighted by Gasteiger charge is 2.17. The molecule has 0 unspecified atom stereocenters. The van der Waals surface area contributed by atoms with Gasteiger partial charge in [0.05, 0.1) is 12.2 Å². The fraction of sp³-hybridized carbons (Fsp3) is 0.462. The van der Waals surface area contributed by atoms with Crippen LogP contribution in [0.25, 0.3) is 0 Å². The van der Waals surface area contributed by atoms with E-state index in [1.165, 1.54) is 16.3 Å². The zero-order valence-corrected chi connectivity index (χ0v) is 13.4. The Morgan fingerprint density at radius 1 is 1.50 bits per heavy atom. The molecular weight excluding hydrogens is 310 g/mol. The number of aryl methyl sites for hydroxylation is 2. The van der Waals surface area contributed by atoms with Crippen molar-refractivity contribution in [2.45, 2.75) is 25.7 Å². The third-order valence-electron chi connectivity index (χ3n) is 3.05. The Labute approximate surface area is 121 Å². The zero-order valence-electron chi connectivity index (χ0n) is 11.0. The molecule has 2 heterocycles. The molecule has 0 N–H and O–H groups in total. The number of alkyl halides is 1. The molecule has 2 aromatic rings. The molecule has 0 amide bonds. The van der Waals surface area contributed by atoms with Gasteiger partial charge in [0.1, 0.15) is 5.82 Å². The van der Waals surface area contributed by atoms with Gasteiger partial charge in [0.15, 0.2) is 0 Å². The summed E-state index contributed by atoms with van der Waals surface area (Å²) in [6, 6.07) is 4.29. The van der Waals surface area contributed by atoms with Crippen LogP contribution >= 0.6 is 27.3 Å². The molecule has 0 spiro atoms. The van der Waals surface area contributed by atoms with Crippen LogP contribution in [-0.2, 0) is 18.9 Å².